The summed E-state index contributed by atoms with van der Waals surface area (Å²) in [5, 5.41) is 0.965. The minimum absolute atomic E-state index is 0.573. The maximum absolute atomic E-state index is 6.42. The topological polar surface area (TPSA) is 0 Å². The zero-order valence-corrected chi connectivity index (χ0v) is 12.3. The van der Waals surface area contributed by atoms with E-state index in [0.29, 0.717) is 5.92 Å². The van der Waals surface area contributed by atoms with Gasteiger partial charge in [-0.2, -0.15) is 0 Å². The Morgan fingerprint density at radius 1 is 1.22 bits per heavy atom. The lowest BCUT2D eigenvalue weighted by molar-refractivity contribution is 0.678. The number of hydrogen-bond donors (Lipinski definition) is 0. The largest absolute Gasteiger partial charge is 0.0885 e. The molecule has 98 valence electrons. The predicted octanol–water partition coefficient (Wildman–Crippen LogP) is 5.36. The summed E-state index contributed by atoms with van der Waals surface area (Å²) in [4.78, 5) is 0. The molecule has 0 heterocycles. The molecule has 1 aromatic carbocycles. The van der Waals surface area contributed by atoms with Crippen molar-refractivity contribution in [3.8, 4) is 0 Å². The molecule has 0 radical (unpaired) electrons. The number of benzene rings is 1. The second-order valence-corrected chi connectivity index (χ2v) is 5.84. The molecule has 0 aliphatic heterocycles. The van der Waals surface area contributed by atoms with Crippen LogP contribution in [0.2, 0.25) is 5.02 Å². The van der Waals surface area contributed by atoms with Gasteiger partial charge >= 0.3 is 0 Å². The number of rotatable bonds is 4. The van der Waals surface area contributed by atoms with Crippen molar-refractivity contribution in [1.29, 1.82) is 0 Å². The SMILES string of the molecule is CC/C=C\C(C)Cc1cc2c(cc1Cl)CCCC2. The first kappa shape index (κ1) is 13.7. The van der Waals surface area contributed by atoms with Crippen LogP contribution in [0, 0.1) is 5.92 Å². The van der Waals surface area contributed by atoms with E-state index in [1.54, 1.807) is 0 Å². The van der Waals surface area contributed by atoms with E-state index in [0.717, 1.165) is 17.9 Å². The average Bonchev–Trinajstić information content (AvgIpc) is 2.37. The van der Waals surface area contributed by atoms with E-state index in [4.69, 9.17) is 11.6 Å². The summed E-state index contributed by atoms with van der Waals surface area (Å²) in [7, 11) is 0. The highest BCUT2D eigenvalue weighted by Crippen LogP contribution is 2.29. The minimum Gasteiger partial charge on any atom is -0.0885 e. The number of fused-ring (bicyclic) bond motifs is 1. The van der Waals surface area contributed by atoms with E-state index in [2.05, 4.69) is 38.1 Å². The lowest BCUT2D eigenvalue weighted by atomic mass is 9.88. The van der Waals surface area contributed by atoms with Crippen molar-refractivity contribution in [2.45, 2.75) is 52.4 Å². The highest BCUT2D eigenvalue weighted by Gasteiger charge is 2.13. The second kappa shape index (κ2) is 6.43. The van der Waals surface area contributed by atoms with Crippen LogP contribution in [-0.4, -0.2) is 0 Å². The van der Waals surface area contributed by atoms with Gasteiger partial charge in [0, 0.05) is 5.02 Å². The van der Waals surface area contributed by atoms with E-state index in [1.807, 2.05) is 0 Å². The van der Waals surface area contributed by atoms with Crippen LogP contribution in [0.25, 0.3) is 0 Å². The van der Waals surface area contributed by atoms with Crippen molar-refractivity contribution >= 4 is 11.6 Å². The van der Waals surface area contributed by atoms with Gasteiger partial charge in [0.1, 0.15) is 0 Å². The molecule has 1 atom stereocenters. The fraction of sp³-hybridized carbons (Fsp3) is 0.529. The smallest absolute Gasteiger partial charge is 0.0441 e. The van der Waals surface area contributed by atoms with Crippen molar-refractivity contribution in [1.82, 2.24) is 0 Å². The van der Waals surface area contributed by atoms with Gasteiger partial charge in [-0.05, 0) is 67.2 Å². The van der Waals surface area contributed by atoms with Crippen LogP contribution in [-0.2, 0) is 19.3 Å². The van der Waals surface area contributed by atoms with Crippen molar-refractivity contribution in [3.63, 3.8) is 0 Å². The highest BCUT2D eigenvalue weighted by atomic mass is 35.5. The predicted molar refractivity (Wildman–Crippen MR) is 80.4 cm³/mol. The first-order chi connectivity index (χ1) is 8.70. The lowest BCUT2D eigenvalue weighted by Crippen LogP contribution is -2.05. The van der Waals surface area contributed by atoms with E-state index in [1.165, 1.54) is 42.4 Å². The van der Waals surface area contributed by atoms with Crippen LogP contribution in [0.1, 0.15) is 49.8 Å². The van der Waals surface area contributed by atoms with Crippen LogP contribution >= 0.6 is 11.6 Å². The maximum Gasteiger partial charge on any atom is 0.0441 e. The summed E-state index contributed by atoms with van der Waals surface area (Å²) in [6, 6.07) is 4.56. The second-order valence-electron chi connectivity index (χ2n) is 5.44. The summed E-state index contributed by atoms with van der Waals surface area (Å²) >= 11 is 6.42. The standard InChI is InChI=1S/C17H23Cl/c1-3-4-7-13(2)10-16-11-14-8-5-6-9-15(14)12-17(16)18/h4,7,11-13H,3,5-6,8-10H2,1-2H3/b7-4-. The third-order valence-electron chi connectivity index (χ3n) is 3.75. The molecule has 0 aromatic heterocycles. The van der Waals surface area contributed by atoms with Crippen molar-refractivity contribution in [2.24, 2.45) is 5.92 Å². The third kappa shape index (κ3) is 3.38. The van der Waals surface area contributed by atoms with Gasteiger partial charge in [-0.25, -0.2) is 0 Å². The molecule has 2 rings (SSSR count). The van der Waals surface area contributed by atoms with Crippen molar-refractivity contribution in [2.75, 3.05) is 0 Å². The molecule has 1 aromatic rings. The van der Waals surface area contributed by atoms with Gasteiger partial charge in [0.15, 0.2) is 0 Å². The van der Waals surface area contributed by atoms with Crippen LogP contribution < -0.4 is 0 Å². The van der Waals surface area contributed by atoms with E-state index >= 15 is 0 Å². The zero-order chi connectivity index (χ0) is 13.0. The van der Waals surface area contributed by atoms with Gasteiger partial charge in [-0.3, -0.25) is 0 Å². The molecule has 0 spiro atoms. The number of aryl methyl sites for hydroxylation is 2. The first-order valence-corrected chi connectivity index (χ1v) is 7.55. The Bertz CT molecular complexity index is 431. The molecule has 0 nitrogen and oxygen atoms in total. The molecule has 1 aliphatic rings. The highest BCUT2D eigenvalue weighted by molar-refractivity contribution is 6.31. The Hall–Kier alpha value is -0.750. The summed E-state index contributed by atoms with van der Waals surface area (Å²) in [6.07, 6.45) is 11.8. The van der Waals surface area contributed by atoms with Crippen molar-refractivity contribution < 1.29 is 0 Å². The van der Waals surface area contributed by atoms with Gasteiger partial charge in [0.25, 0.3) is 0 Å². The maximum atomic E-state index is 6.42. The molecule has 0 saturated heterocycles. The zero-order valence-electron chi connectivity index (χ0n) is 11.5. The molecule has 1 aliphatic carbocycles. The monoisotopic (exact) mass is 262 g/mol. The molecule has 1 heteroatoms. The molecule has 0 saturated carbocycles. The van der Waals surface area contributed by atoms with Crippen LogP contribution in [0.3, 0.4) is 0 Å². The summed E-state index contributed by atoms with van der Waals surface area (Å²) in [5.41, 5.74) is 4.34. The first-order valence-electron chi connectivity index (χ1n) is 7.17. The number of hydrogen-bond acceptors (Lipinski definition) is 0. The molecular formula is C17H23Cl. The van der Waals surface area contributed by atoms with Gasteiger partial charge in [-0.15, -0.1) is 0 Å². The number of halogens is 1. The van der Waals surface area contributed by atoms with Crippen molar-refractivity contribution in [3.05, 3.63) is 46.0 Å². The Kier molecular flexibility index (Phi) is 4.88. The van der Waals surface area contributed by atoms with Gasteiger partial charge in [-0.1, -0.05) is 43.7 Å². The average molecular weight is 263 g/mol. The van der Waals surface area contributed by atoms with Gasteiger partial charge in [0.2, 0.25) is 0 Å². The van der Waals surface area contributed by atoms with Gasteiger partial charge < -0.3 is 0 Å². The Labute approximate surface area is 116 Å². The summed E-state index contributed by atoms with van der Waals surface area (Å²) < 4.78 is 0. The van der Waals surface area contributed by atoms with E-state index in [9.17, 15) is 0 Å². The van der Waals surface area contributed by atoms with E-state index < -0.39 is 0 Å². The Morgan fingerprint density at radius 3 is 2.56 bits per heavy atom. The Balaban J connectivity index is 2.15. The van der Waals surface area contributed by atoms with Gasteiger partial charge in [0.05, 0.1) is 0 Å². The quantitative estimate of drug-likeness (QED) is 0.641. The fourth-order valence-corrected chi connectivity index (χ4v) is 3.01. The molecule has 0 fully saturated rings. The fourth-order valence-electron chi connectivity index (χ4n) is 2.75. The molecule has 0 N–H and O–H groups in total. The molecule has 18 heavy (non-hydrogen) atoms. The molecule has 0 bridgehead atoms. The van der Waals surface area contributed by atoms with Crippen LogP contribution in [0.15, 0.2) is 24.3 Å². The molecule has 0 amide bonds. The minimum atomic E-state index is 0.573. The normalized spacial score (nSPS) is 16.8. The van der Waals surface area contributed by atoms with Crippen LogP contribution in [0.5, 0.6) is 0 Å². The molecule has 1 unspecified atom stereocenters. The third-order valence-corrected chi connectivity index (χ3v) is 4.10. The Morgan fingerprint density at radius 2 is 1.89 bits per heavy atom. The lowest BCUT2D eigenvalue weighted by Gasteiger charge is -2.18. The number of allylic oxidation sites excluding steroid dienone is 2. The molecular weight excluding hydrogens is 240 g/mol. The summed E-state index contributed by atoms with van der Waals surface area (Å²) in [5.74, 6) is 0.573. The van der Waals surface area contributed by atoms with Crippen LogP contribution in [0.4, 0.5) is 0 Å². The summed E-state index contributed by atoms with van der Waals surface area (Å²) in [6.45, 7) is 4.44. The van der Waals surface area contributed by atoms with E-state index in [-0.39, 0.29) is 0 Å².